The number of fused-ring (bicyclic) bond motifs is 1. The molecule has 106 valence electrons. The zero-order valence-electron chi connectivity index (χ0n) is 10.4. The molecule has 8 heteroatoms. The van der Waals surface area contributed by atoms with E-state index < -0.39 is 10.7 Å². The number of nitrogen functional groups attached to an aromatic ring is 1. The minimum absolute atomic E-state index is 0.0239. The van der Waals surface area contributed by atoms with Crippen LogP contribution in [0, 0.1) is 15.9 Å². The van der Waals surface area contributed by atoms with E-state index in [1.54, 1.807) is 0 Å². The molecule has 0 atom stereocenters. The van der Waals surface area contributed by atoms with Gasteiger partial charge in [-0.1, -0.05) is 0 Å². The maximum Gasteiger partial charge on any atom is 0.349 e. The summed E-state index contributed by atoms with van der Waals surface area (Å²) < 4.78 is 14.3. The molecule has 0 bridgehead atoms. The van der Waals surface area contributed by atoms with Crippen molar-refractivity contribution in [1.29, 1.82) is 0 Å². The lowest BCUT2D eigenvalue weighted by Crippen LogP contribution is -2.16. The van der Waals surface area contributed by atoms with Crippen molar-refractivity contribution >= 4 is 32.2 Å². The first-order chi connectivity index (χ1) is 9.99. The lowest BCUT2D eigenvalue weighted by Gasteiger charge is -2.06. The second-order valence-corrected chi connectivity index (χ2v) is 5.26. The fraction of sp³-hybridized carbons (Fsp3) is 0. The van der Waals surface area contributed by atoms with Gasteiger partial charge in [-0.2, -0.15) is 0 Å². The number of nitro groups is 1. The quantitative estimate of drug-likeness (QED) is 0.582. The summed E-state index contributed by atoms with van der Waals surface area (Å²) in [4.78, 5) is 22.8. The van der Waals surface area contributed by atoms with Crippen LogP contribution in [0.5, 0.6) is 0 Å². The number of nitrogens with zero attached hydrogens (tertiary/aromatic N) is 2. The van der Waals surface area contributed by atoms with E-state index in [1.165, 1.54) is 41.0 Å². The predicted molar refractivity (Wildman–Crippen MR) is 78.4 cm³/mol. The lowest BCUT2D eigenvalue weighted by atomic mass is 10.2. The largest absolute Gasteiger partial charge is 0.392 e. The molecule has 0 aliphatic heterocycles. The van der Waals surface area contributed by atoms with E-state index in [0.29, 0.717) is 15.9 Å². The normalized spacial score (nSPS) is 10.9. The third-order valence-corrected chi connectivity index (χ3v) is 4.17. The summed E-state index contributed by atoms with van der Waals surface area (Å²) in [6.45, 7) is 0. The van der Waals surface area contributed by atoms with Crippen LogP contribution in [0.3, 0.4) is 0 Å². The van der Waals surface area contributed by atoms with Crippen molar-refractivity contribution in [2.45, 2.75) is 0 Å². The Hall–Kier alpha value is -2.74. The van der Waals surface area contributed by atoms with Crippen LogP contribution < -0.4 is 11.3 Å². The smallest absolute Gasteiger partial charge is 0.349 e. The van der Waals surface area contributed by atoms with Gasteiger partial charge in [0.25, 0.3) is 5.56 Å². The van der Waals surface area contributed by atoms with Crippen molar-refractivity contribution in [3.05, 3.63) is 62.7 Å². The minimum atomic E-state index is -0.584. The van der Waals surface area contributed by atoms with E-state index in [4.69, 9.17) is 5.73 Å². The molecular formula is C13H8FN3O3S. The Balaban J connectivity index is 2.39. The highest BCUT2D eigenvalue weighted by Gasteiger charge is 2.21. The maximum atomic E-state index is 13.0. The summed E-state index contributed by atoms with van der Waals surface area (Å²) in [5.74, 6) is -0.435. The number of anilines is 1. The molecule has 0 aliphatic rings. The van der Waals surface area contributed by atoms with E-state index in [0.717, 1.165) is 11.3 Å². The first-order valence-electron chi connectivity index (χ1n) is 5.83. The van der Waals surface area contributed by atoms with Gasteiger partial charge in [-0.15, -0.1) is 0 Å². The zero-order chi connectivity index (χ0) is 15.1. The summed E-state index contributed by atoms with van der Waals surface area (Å²) in [5, 5.41) is 11.2. The van der Waals surface area contributed by atoms with Gasteiger partial charge in [0.2, 0.25) is 0 Å². The lowest BCUT2D eigenvalue weighted by molar-refractivity contribution is -0.379. The number of hydrogen-bond donors (Lipinski definition) is 1. The Bertz CT molecular complexity index is 915. The van der Waals surface area contributed by atoms with Crippen molar-refractivity contribution < 1.29 is 9.31 Å². The molecule has 1 aromatic carbocycles. The van der Waals surface area contributed by atoms with Gasteiger partial charge in [0, 0.05) is 11.5 Å². The molecule has 6 nitrogen and oxygen atoms in total. The standard InChI is InChI=1S/C13H8FN3O3S/c14-7-1-3-8(4-2-7)16-10(18)6-5-9-11(15)13(17(19)20)21-12(9)16/h1-6H,15H2. The van der Waals surface area contributed by atoms with Gasteiger partial charge in [0.1, 0.15) is 16.3 Å². The molecule has 3 rings (SSSR count). The Morgan fingerprint density at radius 2 is 1.86 bits per heavy atom. The van der Waals surface area contributed by atoms with Crippen LogP contribution in [0.2, 0.25) is 0 Å². The van der Waals surface area contributed by atoms with Crippen LogP contribution in [-0.4, -0.2) is 9.49 Å². The molecule has 0 aliphatic carbocycles. The Labute approximate surface area is 121 Å². The Morgan fingerprint density at radius 3 is 2.48 bits per heavy atom. The van der Waals surface area contributed by atoms with Crippen molar-refractivity contribution in [2.24, 2.45) is 0 Å². The Kier molecular flexibility index (Phi) is 2.95. The number of pyridine rings is 1. The van der Waals surface area contributed by atoms with Gasteiger partial charge in [-0.25, -0.2) is 4.39 Å². The number of aromatic nitrogens is 1. The predicted octanol–water partition coefficient (Wildman–Crippen LogP) is 2.68. The Morgan fingerprint density at radius 1 is 1.19 bits per heavy atom. The molecule has 0 saturated heterocycles. The van der Waals surface area contributed by atoms with Gasteiger partial charge in [0.15, 0.2) is 0 Å². The number of nitrogens with two attached hydrogens (primary N) is 1. The van der Waals surface area contributed by atoms with Crippen molar-refractivity contribution in [3.63, 3.8) is 0 Å². The number of benzene rings is 1. The molecule has 2 aromatic heterocycles. The number of halogens is 1. The summed E-state index contributed by atoms with van der Waals surface area (Å²) >= 11 is 0.817. The minimum Gasteiger partial charge on any atom is -0.392 e. The van der Waals surface area contributed by atoms with E-state index in [1.807, 2.05) is 0 Å². The molecule has 2 N–H and O–H groups in total. The van der Waals surface area contributed by atoms with Gasteiger partial charge >= 0.3 is 5.00 Å². The second kappa shape index (κ2) is 4.67. The van der Waals surface area contributed by atoms with E-state index >= 15 is 0 Å². The van der Waals surface area contributed by atoms with Crippen molar-refractivity contribution in [1.82, 2.24) is 4.57 Å². The van der Waals surface area contributed by atoms with Gasteiger partial charge < -0.3 is 5.73 Å². The molecule has 3 aromatic rings. The van der Waals surface area contributed by atoms with Crippen LogP contribution in [0.15, 0.2) is 41.2 Å². The molecular weight excluding hydrogens is 297 g/mol. The van der Waals surface area contributed by atoms with Crippen LogP contribution in [0.4, 0.5) is 15.1 Å². The third kappa shape index (κ3) is 2.05. The van der Waals surface area contributed by atoms with Gasteiger partial charge in [-0.3, -0.25) is 19.5 Å². The van der Waals surface area contributed by atoms with Crippen molar-refractivity contribution in [2.75, 3.05) is 5.73 Å². The summed E-state index contributed by atoms with van der Waals surface area (Å²) in [6, 6.07) is 8.02. The average molecular weight is 305 g/mol. The van der Waals surface area contributed by atoms with E-state index in [9.17, 15) is 19.3 Å². The molecule has 0 saturated carbocycles. The molecule has 0 spiro atoms. The second-order valence-electron chi connectivity index (χ2n) is 4.28. The van der Waals surface area contributed by atoms with Crippen LogP contribution >= 0.6 is 11.3 Å². The molecule has 2 heterocycles. The number of rotatable bonds is 2. The maximum absolute atomic E-state index is 13.0. The van der Waals surface area contributed by atoms with Crippen LogP contribution in [-0.2, 0) is 0 Å². The fourth-order valence-electron chi connectivity index (χ4n) is 2.06. The van der Waals surface area contributed by atoms with Crippen LogP contribution in [0.1, 0.15) is 0 Å². The van der Waals surface area contributed by atoms with E-state index in [2.05, 4.69) is 0 Å². The fourth-order valence-corrected chi connectivity index (χ4v) is 3.11. The summed E-state index contributed by atoms with van der Waals surface area (Å²) in [6.07, 6.45) is 0. The highest BCUT2D eigenvalue weighted by molar-refractivity contribution is 7.22. The zero-order valence-corrected chi connectivity index (χ0v) is 11.3. The molecule has 0 radical (unpaired) electrons. The van der Waals surface area contributed by atoms with Crippen molar-refractivity contribution in [3.8, 4) is 5.69 Å². The molecule has 0 fully saturated rings. The van der Waals surface area contributed by atoms with Gasteiger partial charge in [0.05, 0.1) is 10.6 Å². The SMILES string of the molecule is Nc1c([N+](=O)[O-])sc2c1ccc(=O)n2-c1ccc(F)cc1. The highest BCUT2D eigenvalue weighted by atomic mass is 32.1. The number of thiophene rings is 1. The first kappa shape index (κ1) is 13.3. The van der Waals surface area contributed by atoms with Gasteiger partial charge in [-0.05, 0) is 41.7 Å². The van der Waals surface area contributed by atoms with Crippen LogP contribution in [0.25, 0.3) is 15.9 Å². The topological polar surface area (TPSA) is 91.2 Å². The number of hydrogen-bond acceptors (Lipinski definition) is 5. The monoisotopic (exact) mass is 305 g/mol. The third-order valence-electron chi connectivity index (χ3n) is 3.01. The molecule has 0 unspecified atom stereocenters. The van der Waals surface area contributed by atoms with E-state index in [-0.39, 0.29) is 16.2 Å². The molecule has 0 amide bonds. The summed E-state index contributed by atoms with van der Waals surface area (Å²) in [7, 11) is 0. The molecule has 21 heavy (non-hydrogen) atoms. The summed E-state index contributed by atoms with van der Waals surface area (Å²) in [5.41, 5.74) is 5.83. The highest BCUT2D eigenvalue weighted by Crippen LogP contribution is 2.39. The average Bonchev–Trinajstić information content (AvgIpc) is 2.78. The first-order valence-corrected chi connectivity index (χ1v) is 6.65.